The van der Waals surface area contributed by atoms with Crippen molar-refractivity contribution in [2.75, 3.05) is 31.6 Å². The van der Waals surface area contributed by atoms with Crippen molar-refractivity contribution in [3.05, 3.63) is 23.8 Å². The molecule has 6 nitrogen and oxygen atoms in total. The molecule has 1 aliphatic rings. The Morgan fingerprint density at radius 3 is 2.58 bits per heavy atom. The monoisotopic (exact) mass is 284 g/mol. The number of nitrogens with one attached hydrogen (secondary N) is 1. The van der Waals surface area contributed by atoms with E-state index in [1.807, 2.05) is 0 Å². The van der Waals surface area contributed by atoms with Gasteiger partial charge in [-0.3, -0.25) is 4.79 Å². The number of amides is 1. The lowest BCUT2D eigenvalue weighted by atomic mass is 10.2. The highest BCUT2D eigenvalue weighted by atomic mass is 32.2. The number of morpholine rings is 1. The number of carbonyl (C=O) groups excluding carboxylic acids is 1. The zero-order valence-electron chi connectivity index (χ0n) is 10.6. The topological polar surface area (TPSA) is 75.7 Å². The van der Waals surface area contributed by atoms with E-state index in [0.717, 1.165) is 0 Å². The largest absolute Gasteiger partial charge is 0.379 e. The zero-order valence-corrected chi connectivity index (χ0v) is 11.4. The van der Waals surface area contributed by atoms with Crippen LogP contribution in [0.25, 0.3) is 0 Å². The van der Waals surface area contributed by atoms with E-state index in [1.54, 1.807) is 19.1 Å². The van der Waals surface area contributed by atoms with Gasteiger partial charge in [0, 0.05) is 18.8 Å². The molecule has 1 heterocycles. The fraction of sp³-hybridized carbons (Fsp3) is 0.417. The fourth-order valence-corrected chi connectivity index (χ4v) is 3.45. The Hall–Kier alpha value is -1.44. The lowest BCUT2D eigenvalue weighted by Gasteiger charge is -2.26. The van der Waals surface area contributed by atoms with Gasteiger partial charge >= 0.3 is 0 Å². The van der Waals surface area contributed by atoms with E-state index < -0.39 is 10.0 Å². The fourth-order valence-electron chi connectivity index (χ4n) is 1.96. The van der Waals surface area contributed by atoms with E-state index in [4.69, 9.17) is 4.74 Å². The van der Waals surface area contributed by atoms with E-state index in [-0.39, 0.29) is 4.90 Å². The SMILES string of the molecule is Cc1cc(S(=O)(=O)N2CCOCC2)ccc1NC=O. The van der Waals surface area contributed by atoms with Gasteiger partial charge in [-0.25, -0.2) is 8.42 Å². The third kappa shape index (κ3) is 2.94. The minimum Gasteiger partial charge on any atom is -0.379 e. The molecule has 104 valence electrons. The van der Waals surface area contributed by atoms with Gasteiger partial charge in [0.05, 0.1) is 18.1 Å². The average Bonchev–Trinajstić information content (AvgIpc) is 2.42. The predicted octanol–water partition coefficient (Wildman–Crippen LogP) is 0.584. The van der Waals surface area contributed by atoms with Gasteiger partial charge in [-0.2, -0.15) is 4.31 Å². The molecule has 0 spiro atoms. The molecule has 0 atom stereocenters. The average molecular weight is 284 g/mol. The molecule has 1 amide bonds. The van der Waals surface area contributed by atoms with Crippen LogP contribution in [0.15, 0.2) is 23.1 Å². The standard InChI is InChI=1S/C12H16N2O4S/c1-10-8-11(2-3-12(10)13-9-15)19(16,17)14-4-6-18-7-5-14/h2-3,8-9H,4-7H2,1H3,(H,13,15). The Morgan fingerprint density at radius 2 is 2.00 bits per heavy atom. The molecule has 19 heavy (non-hydrogen) atoms. The van der Waals surface area contributed by atoms with Gasteiger partial charge in [0.25, 0.3) is 0 Å². The van der Waals surface area contributed by atoms with Crippen LogP contribution >= 0.6 is 0 Å². The van der Waals surface area contributed by atoms with Gasteiger partial charge in [0.2, 0.25) is 16.4 Å². The Kier molecular flexibility index (Phi) is 4.18. The summed E-state index contributed by atoms with van der Waals surface area (Å²) in [5.41, 5.74) is 1.32. The molecule has 2 rings (SSSR count). The Morgan fingerprint density at radius 1 is 1.32 bits per heavy atom. The number of anilines is 1. The van der Waals surface area contributed by atoms with Crippen LogP contribution in [0.1, 0.15) is 5.56 Å². The normalized spacial score (nSPS) is 17.1. The van der Waals surface area contributed by atoms with Crippen molar-refractivity contribution in [1.29, 1.82) is 0 Å². The Bertz CT molecular complexity index is 565. The van der Waals surface area contributed by atoms with Crippen LogP contribution in [0, 0.1) is 6.92 Å². The predicted molar refractivity (Wildman–Crippen MR) is 70.4 cm³/mol. The van der Waals surface area contributed by atoms with Crippen LogP contribution < -0.4 is 5.32 Å². The molecule has 0 saturated carbocycles. The molecule has 0 radical (unpaired) electrons. The summed E-state index contributed by atoms with van der Waals surface area (Å²) in [5, 5.41) is 2.53. The molecule has 1 saturated heterocycles. The number of hydrogen-bond acceptors (Lipinski definition) is 4. The lowest BCUT2D eigenvalue weighted by molar-refractivity contribution is -0.105. The van der Waals surface area contributed by atoms with Gasteiger partial charge in [-0.1, -0.05) is 0 Å². The second-order valence-electron chi connectivity index (χ2n) is 4.26. The van der Waals surface area contributed by atoms with Crippen molar-refractivity contribution < 1.29 is 17.9 Å². The number of carbonyl (C=O) groups is 1. The number of nitrogens with zero attached hydrogens (tertiary/aromatic N) is 1. The van der Waals surface area contributed by atoms with Crippen LogP contribution in [-0.2, 0) is 19.6 Å². The van der Waals surface area contributed by atoms with E-state index in [1.165, 1.54) is 10.4 Å². The summed E-state index contributed by atoms with van der Waals surface area (Å²) in [4.78, 5) is 10.6. The highest BCUT2D eigenvalue weighted by molar-refractivity contribution is 7.89. The number of sulfonamides is 1. The van der Waals surface area contributed by atoms with Crippen LogP contribution in [-0.4, -0.2) is 45.4 Å². The molecule has 1 aliphatic heterocycles. The third-order valence-corrected chi connectivity index (χ3v) is 4.91. The van der Waals surface area contributed by atoms with Gasteiger partial charge in [-0.15, -0.1) is 0 Å². The van der Waals surface area contributed by atoms with Crippen LogP contribution in [0.4, 0.5) is 5.69 Å². The van der Waals surface area contributed by atoms with Gasteiger partial charge in [-0.05, 0) is 30.7 Å². The van der Waals surface area contributed by atoms with Gasteiger partial charge in [0.15, 0.2) is 0 Å². The smallest absolute Gasteiger partial charge is 0.243 e. The third-order valence-electron chi connectivity index (χ3n) is 3.02. The van der Waals surface area contributed by atoms with Crippen LogP contribution in [0.3, 0.4) is 0 Å². The van der Waals surface area contributed by atoms with Crippen LogP contribution in [0.5, 0.6) is 0 Å². The number of benzene rings is 1. The first-order valence-electron chi connectivity index (χ1n) is 5.94. The van der Waals surface area contributed by atoms with Crippen molar-refractivity contribution >= 4 is 22.1 Å². The summed E-state index contributed by atoms with van der Waals surface area (Å²) < 4.78 is 31.3. The van der Waals surface area contributed by atoms with Crippen molar-refractivity contribution in [1.82, 2.24) is 4.31 Å². The molecule has 0 bridgehead atoms. The number of hydrogen-bond donors (Lipinski definition) is 1. The maximum atomic E-state index is 12.4. The summed E-state index contributed by atoms with van der Waals surface area (Å²) in [5.74, 6) is 0. The molecule has 0 aromatic heterocycles. The zero-order chi connectivity index (χ0) is 13.9. The minimum atomic E-state index is -3.48. The summed E-state index contributed by atoms with van der Waals surface area (Å²) >= 11 is 0. The van der Waals surface area contributed by atoms with Gasteiger partial charge in [0.1, 0.15) is 0 Å². The van der Waals surface area contributed by atoms with Crippen molar-refractivity contribution in [2.45, 2.75) is 11.8 Å². The van der Waals surface area contributed by atoms with Crippen molar-refractivity contribution in [3.63, 3.8) is 0 Å². The summed E-state index contributed by atoms with van der Waals surface area (Å²) in [6, 6.07) is 4.66. The van der Waals surface area contributed by atoms with E-state index in [0.29, 0.717) is 44.0 Å². The Balaban J connectivity index is 2.30. The first kappa shape index (κ1) is 14.0. The molecule has 1 aromatic carbocycles. The van der Waals surface area contributed by atoms with Crippen molar-refractivity contribution in [3.8, 4) is 0 Å². The molecule has 0 aliphatic carbocycles. The molecular weight excluding hydrogens is 268 g/mol. The number of ether oxygens (including phenoxy) is 1. The summed E-state index contributed by atoms with van der Waals surface area (Å²) in [7, 11) is -3.48. The molecule has 1 aromatic rings. The molecule has 1 fully saturated rings. The van der Waals surface area contributed by atoms with Gasteiger partial charge < -0.3 is 10.1 Å². The van der Waals surface area contributed by atoms with E-state index in [2.05, 4.69) is 5.32 Å². The summed E-state index contributed by atoms with van der Waals surface area (Å²) in [6.45, 7) is 3.33. The number of aryl methyl sites for hydroxylation is 1. The number of rotatable bonds is 4. The molecule has 0 unspecified atom stereocenters. The van der Waals surface area contributed by atoms with E-state index >= 15 is 0 Å². The highest BCUT2D eigenvalue weighted by Crippen LogP contribution is 2.22. The van der Waals surface area contributed by atoms with Crippen molar-refractivity contribution in [2.24, 2.45) is 0 Å². The second kappa shape index (κ2) is 5.68. The molecule has 1 N–H and O–H groups in total. The quantitative estimate of drug-likeness (QED) is 0.821. The molecular formula is C12H16N2O4S. The maximum absolute atomic E-state index is 12.4. The minimum absolute atomic E-state index is 0.239. The second-order valence-corrected chi connectivity index (χ2v) is 6.19. The highest BCUT2D eigenvalue weighted by Gasteiger charge is 2.26. The van der Waals surface area contributed by atoms with E-state index in [9.17, 15) is 13.2 Å². The first-order valence-corrected chi connectivity index (χ1v) is 7.38. The van der Waals surface area contributed by atoms with Crippen LogP contribution in [0.2, 0.25) is 0 Å². The Labute approximate surface area is 112 Å². The molecule has 7 heteroatoms. The summed E-state index contributed by atoms with van der Waals surface area (Å²) in [6.07, 6.45) is 0.568. The first-order chi connectivity index (χ1) is 9.05. The lowest BCUT2D eigenvalue weighted by Crippen LogP contribution is -2.40. The maximum Gasteiger partial charge on any atom is 0.243 e.